The third kappa shape index (κ3) is 4.03. The maximum atomic E-state index is 15.3. The number of nitrogens with one attached hydrogen (secondary N) is 1. The normalized spacial score (nSPS) is 21.9. The molecule has 2 aromatic carbocycles. The number of rotatable bonds is 6. The van der Waals surface area contributed by atoms with Gasteiger partial charge in [0.2, 0.25) is 5.91 Å². The van der Waals surface area contributed by atoms with Crippen LogP contribution in [-0.2, 0) is 24.8 Å². The molecule has 10 nitrogen and oxygen atoms in total. The van der Waals surface area contributed by atoms with Crippen LogP contribution in [0.15, 0.2) is 42.5 Å². The predicted octanol–water partition coefficient (Wildman–Crippen LogP) is 4.87. The van der Waals surface area contributed by atoms with E-state index in [0.717, 1.165) is 65.9 Å². The Morgan fingerprint density at radius 1 is 1.11 bits per heavy atom. The minimum Gasteiger partial charge on any atom is -0.494 e. The predicted molar refractivity (Wildman–Crippen MR) is 172 cm³/mol. The maximum Gasteiger partial charge on any atom is 0.254 e. The first kappa shape index (κ1) is 27.5. The monoisotopic (exact) mass is 619 g/mol. The summed E-state index contributed by atoms with van der Waals surface area (Å²) in [5, 5.41) is 3.74. The number of likely N-dealkylation sites (tertiary alicyclic amines) is 1. The standard InChI is InChI=1S/C35H34FN7O3/c1-41-32-24(11-21(13-27(32)46-2)35(45)43-16-20-7-10-25(43)30(20)37)39-34(41)26-12-19-6-9-23(38-33(19)42(26)15-17-3-4-17)29-22(36)8-5-18-14-28(44)40-31(18)29/h5-6,8-9,11-13,17,20,25,30H,3-4,7,10,14-16,37H2,1-2H3,(H,40,44)/t20?,25?,30-/m1/s1. The van der Waals surface area contributed by atoms with E-state index in [0.29, 0.717) is 52.2 Å². The Kier molecular flexibility index (Phi) is 5.90. The fourth-order valence-electron chi connectivity index (χ4n) is 7.98. The van der Waals surface area contributed by atoms with Gasteiger partial charge in [0.1, 0.15) is 22.7 Å². The summed E-state index contributed by atoms with van der Waals surface area (Å²) in [6.45, 7) is 1.44. The zero-order valence-corrected chi connectivity index (χ0v) is 25.7. The topological polar surface area (TPSA) is 120 Å². The van der Waals surface area contributed by atoms with Gasteiger partial charge >= 0.3 is 0 Å². The molecule has 2 amide bonds. The summed E-state index contributed by atoms with van der Waals surface area (Å²) in [5.41, 5.74) is 12.1. The van der Waals surface area contributed by atoms with Crippen molar-refractivity contribution in [3.63, 3.8) is 0 Å². The zero-order chi connectivity index (χ0) is 31.4. The largest absolute Gasteiger partial charge is 0.494 e. The number of hydrogen-bond acceptors (Lipinski definition) is 6. The summed E-state index contributed by atoms with van der Waals surface area (Å²) >= 11 is 0. The van der Waals surface area contributed by atoms with E-state index in [9.17, 15) is 9.59 Å². The van der Waals surface area contributed by atoms with Gasteiger partial charge in [0, 0.05) is 43.2 Å². The quantitative estimate of drug-likeness (QED) is 0.280. The smallest absolute Gasteiger partial charge is 0.254 e. The summed E-state index contributed by atoms with van der Waals surface area (Å²) < 4.78 is 25.3. The molecule has 11 heteroatoms. The number of aromatic nitrogens is 4. The number of fused-ring (bicyclic) bond motifs is 5. The highest BCUT2D eigenvalue weighted by Gasteiger charge is 2.47. The van der Waals surface area contributed by atoms with E-state index in [4.69, 9.17) is 20.4 Å². The van der Waals surface area contributed by atoms with Gasteiger partial charge < -0.3 is 29.8 Å². The van der Waals surface area contributed by atoms with Crippen LogP contribution < -0.4 is 15.8 Å². The molecule has 3 fully saturated rings. The lowest BCUT2D eigenvalue weighted by Crippen LogP contribution is -2.41. The van der Waals surface area contributed by atoms with Crippen molar-refractivity contribution < 1.29 is 18.7 Å². The number of ether oxygens (including phenoxy) is 1. The molecule has 0 radical (unpaired) electrons. The van der Waals surface area contributed by atoms with E-state index >= 15 is 4.39 Å². The summed E-state index contributed by atoms with van der Waals surface area (Å²) in [7, 11) is 3.57. The Balaban J connectivity index is 1.17. The van der Waals surface area contributed by atoms with E-state index in [1.807, 2.05) is 40.8 Å². The van der Waals surface area contributed by atoms with Gasteiger partial charge in [-0.2, -0.15) is 0 Å². The number of imidazole rings is 1. The highest BCUT2D eigenvalue weighted by Crippen LogP contribution is 2.41. The summed E-state index contributed by atoms with van der Waals surface area (Å²) in [6.07, 6.45) is 4.51. The van der Waals surface area contributed by atoms with Crippen LogP contribution in [0.2, 0.25) is 0 Å². The van der Waals surface area contributed by atoms with Crippen LogP contribution in [0.3, 0.4) is 0 Å². The lowest BCUT2D eigenvalue weighted by Gasteiger charge is -2.27. The van der Waals surface area contributed by atoms with Gasteiger partial charge in [-0.15, -0.1) is 0 Å². The van der Waals surface area contributed by atoms with Crippen molar-refractivity contribution in [2.45, 2.75) is 50.7 Å². The molecular formula is C35H34FN7O3. The van der Waals surface area contributed by atoms with Crippen molar-refractivity contribution >= 4 is 39.6 Å². The third-order valence-electron chi connectivity index (χ3n) is 10.5. The first-order valence-electron chi connectivity index (χ1n) is 16.0. The van der Waals surface area contributed by atoms with E-state index in [2.05, 4.69) is 16.0 Å². The Labute approximate surface area is 264 Å². The number of hydrogen-bond donors (Lipinski definition) is 2. The van der Waals surface area contributed by atoms with E-state index in [-0.39, 0.29) is 30.3 Å². The number of aryl methyl sites for hydroxylation is 1. The van der Waals surface area contributed by atoms with Gasteiger partial charge in [-0.3, -0.25) is 9.59 Å². The molecule has 1 saturated heterocycles. The SMILES string of the molecule is COc1cc(C(=O)N2CC3CCC2[C@@H]3N)cc2nc(-c3cc4ccc(-c5c(F)ccc6c5NC(=O)C6)nc4n3CC3CC3)n(C)c12. The molecular weight excluding hydrogens is 585 g/mol. The molecule has 3 atom stereocenters. The third-order valence-corrected chi connectivity index (χ3v) is 10.5. The molecule has 2 bridgehead atoms. The Morgan fingerprint density at radius 3 is 2.70 bits per heavy atom. The van der Waals surface area contributed by atoms with E-state index < -0.39 is 5.82 Å². The maximum absolute atomic E-state index is 15.3. The first-order chi connectivity index (χ1) is 22.3. The second-order valence-corrected chi connectivity index (χ2v) is 13.4. The molecule has 234 valence electrons. The van der Waals surface area contributed by atoms with Crippen molar-refractivity contribution in [2.24, 2.45) is 24.6 Å². The van der Waals surface area contributed by atoms with Crippen LogP contribution in [0.5, 0.6) is 5.75 Å². The number of nitrogens with zero attached hydrogens (tertiary/aromatic N) is 5. The number of benzene rings is 2. The fraction of sp³-hybridized carbons (Fsp3) is 0.371. The molecule has 5 aromatic rings. The fourth-order valence-corrected chi connectivity index (χ4v) is 7.98. The minimum atomic E-state index is -0.426. The van der Waals surface area contributed by atoms with Crippen molar-refractivity contribution in [3.8, 4) is 28.5 Å². The molecule has 2 unspecified atom stereocenters. The molecule has 0 spiro atoms. The molecule has 46 heavy (non-hydrogen) atoms. The number of anilines is 1. The molecule has 3 N–H and O–H groups in total. The molecule has 4 aliphatic rings. The van der Waals surface area contributed by atoms with Crippen LogP contribution in [-0.4, -0.2) is 61.6 Å². The lowest BCUT2D eigenvalue weighted by molar-refractivity contribution is -0.115. The van der Waals surface area contributed by atoms with Crippen molar-refractivity contribution in [1.82, 2.24) is 24.0 Å². The summed E-state index contributed by atoms with van der Waals surface area (Å²) in [4.78, 5) is 37.9. The molecule has 2 aliphatic heterocycles. The van der Waals surface area contributed by atoms with Crippen molar-refractivity contribution in [1.29, 1.82) is 0 Å². The molecule has 9 rings (SSSR count). The van der Waals surface area contributed by atoms with E-state index in [1.54, 1.807) is 13.2 Å². The van der Waals surface area contributed by atoms with Gasteiger partial charge in [0.25, 0.3) is 5.91 Å². The molecule has 5 heterocycles. The van der Waals surface area contributed by atoms with Crippen LogP contribution in [0.1, 0.15) is 41.6 Å². The van der Waals surface area contributed by atoms with Gasteiger partial charge in [-0.25, -0.2) is 14.4 Å². The molecule has 3 aromatic heterocycles. The molecule has 2 aliphatic carbocycles. The Hall–Kier alpha value is -4.77. The van der Waals surface area contributed by atoms with Crippen LogP contribution in [0, 0.1) is 17.7 Å². The van der Waals surface area contributed by atoms with Gasteiger partial charge in [0.05, 0.1) is 41.7 Å². The number of halogens is 1. The average molecular weight is 620 g/mol. The van der Waals surface area contributed by atoms with Gasteiger partial charge in [-0.05, 0) is 79.5 Å². The second-order valence-electron chi connectivity index (χ2n) is 13.4. The molecule has 2 saturated carbocycles. The van der Waals surface area contributed by atoms with Crippen LogP contribution >= 0.6 is 0 Å². The highest BCUT2D eigenvalue weighted by atomic mass is 19.1. The number of methoxy groups -OCH3 is 1. The van der Waals surface area contributed by atoms with Crippen LogP contribution in [0.25, 0.3) is 44.8 Å². The number of nitrogens with two attached hydrogens (primary N) is 1. The van der Waals surface area contributed by atoms with Crippen molar-refractivity contribution in [3.05, 3.63) is 59.4 Å². The zero-order valence-electron chi connectivity index (χ0n) is 25.7. The second kappa shape index (κ2) is 9.86. The average Bonchev–Trinajstić information content (AvgIpc) is 3.26. The Bertz CT molecular complexity index is 2130. The van der Waals surface area contributed by atoms with Gasteiger partial charge in [0.15, 0.2) is 5.82 Å². The van der Waals surface area contributed by atoms with Crippen molar-refractivity contribution in [2.75, 3.05) is 19.0 Å². The summed E-state index contributed by atoms with van der Waals surface area (Å²) in [5.74, 6) is 1.57. The summed E-state index contributed by atoms with van der Waals surface area (Å²) in [6, 6.07) is 12.7. The minimum absolute atomic E-state index is 0.0366. The first-order valence-corrected chi connectivity index (χ1v) is 16.0. The number of carbonyl (C=O) groups excluding carboxylic acids is 2. The van der Waals surface area contributed by atoms with E-state index in [1.165, 1.54) is 6.07 Å². The Morgan fingerprint density at radius 2 is 1.96 bits per heavy atom. The number of pyridine rings is 1. The van der Waals surface area contributed by atoms with Gasteiger partial charge in [-0.1, -0.05) is 6.07 Å². The highest BCUT2D eigenvalue weighted by molar-refractivity contribution is 6.04. The number of amides is 2. The van der Waals surface area contributed by atoms with Crippen LogP contribution in [0.4, 0.5) is 10.1 Å². The number of piperidine rings is 1. The lowest BCUT2D eigenvalue weighted by atomic mass is 10.0. The number of carbonyl (C=O) groups is 2.